The summed E-state index contributed by atoms with van der Waals surface area (Å²) in [5, 5.41) is 3.26. The van der Waals surface area contributed by atoms with Gasteiger partial charge in [-0.25, -0.2) is 17.8 Å². The summed E-state index contributed by atoms with van der Waals surface area (Å²) in [6, 6.07) is 12.9. The fraction of sp³-hybridized carbons (Fsp3) is 0.207. The second-order valence-corrected chi connectivity index (χ2v) is 12.1. The predicted octanol–water partition coefficient (Wildman–Crippen LogP) is 4.06. The third-order valence-corrected chi connectivity index (χ3v) is 8.51. The average Bonchev–Trinajstić information content (AvgIpc) is 3.54. The van der Waals surface area contributed by atoms with E-state index in [9.17, 15) is 22.4 Å². The van der Waals surface area contributed by atoms with Gasteiger partial charge in [0, 0.05) is 50.6 Å². The zero-order valence-corrected chi connectivity index (χ0v) is 24.2. The van der Waals surface area contributed by atoms with E-state index in [-0.39, 0.29) is 35.1 Å². The molecule has 3 aromatic heterocycles. The van der Waals surface area contributed by atoms with Crippen molar-refractivity contribution in [1.29, 1.82) is 0 Å². The van der Waals surface area contributed by atoms with Gasteiger partial charge < -0.3 is 23.9 Å². The van der Waals surface area contributed by atoms with Crippen molar-refractivity contribution in [3.8, 4) is 28.4 Å². The molecule has 6 rings (SSSR count). The zero-order chi connectivity index (χ0) is 30.1. The number of fused-ring (bicyclic) bond motifs is 6. The van der Waals surface area contributed by atoms with Crippen molar-refractivity contribution < 1.29 is 31.6 Å². The Morgan fingerprint density at radius 3 is 2.52 bits per heavy atom. The van der Waals surface area contributed by atoms with Crippen molar-refractivity contribution >= 4 is 49.4 Å². The molecule has 2 aromatic carbocycles. The summed E-state index contributed by atoms with van der Waals surface area (Å²) < 4.78 is 54.7. The molecular formula is C29H26FN5O6S. The molecule has 0 spiro atoms. The maximum Gasteiger partial charge on any atom is 0.289 e. The second kappa shape index (κ2) is 9.58. The number of pyridine rings is 1. The molecule has 0 bridgehead atoms. The Bertz CT molecular complexity index is 2060. The van der Waals surface area contributed by atoms with E-state index in [2.05, 4.69) is 5.32 Å². The van der Waals surface area contributed by atoms with Crippen LogP contribution in [0.25, 0.3) is 44.5 Å². The predicted molar refractivity (Wildman–Crippen MR) is 156 cm³/mol. The molecule has 0 radical (unpaired) electrons. The van der Waals surface area contributed by atoms with E-state index in [1.165, 1.54) is 45.2 Å². The first-order chi connectivity index (χ1) is 19.9. The minimum Gasteiger partial charge on any atom is -0.470 e. The molecular weight excluding hydrogens is 565 g/mol. The molecule has 4 heterocycles. The Kier molecular flexibility index (Phi) is 6.22. The Morgan fingerprint density at radius 1 is 1.07 bits per heavy atom. The molecule has 42 heavy (non-hydrogen) atoms. The number of sulfonamides is 1. The minimum atomic E-state index is -3.76. The van der Waals surface area contributed by atoms with Gasteiger partial charge in [0.05, 0.1) is 34.4 Å². The lowest BCUT2D eigenvalue weighted by molar-refractivity contribution is 0.0790. The summed E-state index contributed by atoms with van der Waals surface area (Å²) >= 11 is 0. The van der Waals surface area contributed by atoms with E-state index in [1.807, 2.05) is 4.57 Å². The van der Waals surface area contributed by atoms with Gasteiger partial charge in [0.2, 0.25) is 15.8 Å². The van der Waals surface area contributed by atoms with Crippen molar-refractivity contribution in [1.82, 2.24) is 19.8 Å². The second-order valence-electron chi connectivity index (χ2n) is 10.1. The number of benzene rings is 2. The largest absolute Gasteiger partial charge is 0.470 e. The van der Waals surface area contributed by atoms with E-state index >= 15 is 0 Å². The van der Waals surface area contributed by atoms with Crippen LogP contribution in [0.5, 0.6) is 5.75 Å². The van der Waals surface area contributed by atoms with Gasteiger partial charge in [0.25, 0.3) is 11.8 Å². The maximum absolute atomic E-state index is 14.6. The van der Waals surface area contributed by atoms with Crippen LogP contribution < -0.4 is 14.4 Å². The topological polar surface area (TPSA) is 127 Å². The van der Waals surface area contributed by atoms with Gasteiger partial charge in [-0.2, -0.15) is 0 Å². The van der Waals surface area contributed by atoms with E-state index in [4.69, 9.17) is 14.1 Å². The third kappa shape index (κ3) is 4.15. The quantitative estimate of drug-likeness (QED) is 0.327. The minimum absolute atomic E-state index is 0.0119. The molecule has 0 fully saturated rings. The Morgan fingerprint density at radius 2 is 1.83 bits per heavy atom. The van der Waals surface area contributed by atoms with Gasteiger partial charge >= 0.3 is 0 Å². The molecule has 216 valence electrons. The number of halogens is 1. The number of hydrogen-bond acceptors (Lipinski definition) is 7. The van der Waals surface area contributed by atoms with Crippen LogP contribution in [0.1, 0.15) is 20.9 Å². The number of ether oxygens (including phenoxy) is 1. The number of carbonyl (C=O) groups is 2. The number of rotatable bonds is 5. The third-order valence-electron chi connectivity index (χ3n) is 7.32. The van der Waals surface area contributed by atoms with Crippen LogP contribution in [0.4, 0.5) is 10.1 Å². The number of amides is 2. The van der Waals surface area contributed by atoms with Gasteiger partial charge in [0.15, 0.2) is 6.73 Å². The van der Waals surface area contributed by atoms with Gasteiger partial charge in [0.1, 0.15) is 22.8 Å². The van der Waals surface area contributed by atoms with Crippen molar-refractivity contribution in [2.75, 3.05) is 38.8 Å². The average molecular weight is 592 g/mol. The number of furan rings is 1. The fourth-order valence-electron chi connectivity index (χ4n) is 5.09. The van der Waals surface area contributed by atoms with Crippen LogP contribution in [-0.2, 0) is 16.8 Å². The zero-order valence-electron chi connectivity index (χ0n) is 23.4. The summed E-state index contributed by atoms with van der Waals surface area (Å²) in [6.45, 7) is 0.164. The summed E-state index contributed by atoms with van der Waals surface area (Å²) in [7, 11) is 2.12. The highest BCUT2D eigenvalue weighted by atomic mass is 32.2. The van der Waals surface area contributed by atoms with Crippen LogP contribution in [-0.4, -0.2) is 69.1 Å². The summed E-state index contributed by atoms with van der Waals surface area (Å²) in [6.07, 6.45) is 1.06. The van der Waals surface area contributed by atoms with Crippen LogP contribution in [0, 0.1) is 5.82 Å². The van der Waals surface area contributed by atoms with Crippen molar-refractivity contribution in [3.63, 3.8) is 0 Å². The molecule has 0 aliphatic carbocycles. The highest BCUT2D eigenvalue weighted by molar-refractivity contribution is 7.92. The Balaban J connectivity index is 1.64. The first-order valence-electron chi connectivity index (χ1n) is 12.8. The summed E-state index contributed by atoms with van der Waals surface area (Å²) in [5.74, 6) is -1.17. The van der Waals surface area contributed by atoms with Crippen molar-refractivity contribution in [2.45, 2.75) is 6.73 Å². The monoisotopic (exact) mass is 591 g/mol. The molecule has 0 saturated carbocycles. The molecule has 1 aliphatic rings. The lowest BCUT2D eigenvalue weighted by atomic mass is 10.0. The number of anilines is 1. The van der Waals surface area contributed by atoms with E-state index in [0.29, 0.717) is 44.7 Å². The lowest BCUT2D eigenvalue weighted by Gasteiger charge is -2.23. The first-order valence-corrected chi connectivity index (χ1v) is 14.7. The van der Waals surface area contributed by atoms with E-state index in [0.717, 1.165) is 10.6 Å². The molecule has 1 N–H and O–H groups in total. The molecule has 11 nitrogen and oxygen atoms in total. The molecule has 0 unspecified atom stereocenters. The first kappa shape index (κ1) is 27.3. The van der Waals surface area contributed by atoms with Gasteiger partial charge in [-0.15, -0.1) is 0 Å². The van der Waals surface area contributed by atoms with E-state index in [1.54, 1.807) is 36.4 Å². The molecule has 0 saturated heterocycles. The molecule has 2 amide bonds. The Hall–Kier alpha value is -4.91. The number of aromatic nitrogens is 2. The van der Waals surface area contributed by atoms with E-state index < -0.39 is 21.8 Å². The van der Waals surface area contributed by atoms with Crippen LogP contribution in [0.3, 0.4) is 0 Å². The number of nitrogens with one attached hydrogen (secondary N) is 1. The highest BCUT2D eigenvalue weighted by Crippen LogP contribution is 2.42. The highest BCUT2D eigenvalue weighted by Gasteiger charge is 2.30. The molecule has 0 atom stereocenters. The fourth-order valence-corrected chi connectivity index (χ4v) is 5.60. The standard InChI is InChI=1S/C29H26FN5O6S/c1-31-28(36)25-17-11-16(21(34(4)42(5,38)39)13-24(17)41-27(25)29(37)33(2)3)19-9-10-23-26(32-19)22-12-15-18(30)7-6-8-20(15)35(22)14-40-23/h6-13H,14H2,1-5H3,(H,31,36). The van der Waals surface area contributed by atoms with Crippen LogP contribution in [0.2, 0.25) is 0 Å². The lowest BCUT2D eigenvalue weighted by Crippen LogP contribution is -2.26. The smallest absolute Gasteiger partial charge is 0.289 e. The number of hydrogen-bond donors (Lipinski definition) is 1. The number of nitrogens with zero attached hydrogens (tertiary/aromatic N) is 4. The normalized spacial score (nSPS) is 12.5. The van der Waals surface area contributed by atoms with Crippen molar-refractivity contribution in [3.05, 3.63) is 65.7 Å². The molecule has 13 heteroatoms. The SMILES string of the molecule is CNC(=O)c1c(C(=O)N(C)C)oc2cc(N(C)S(C)(=O)=O)c(-c3ccc4c(n3)-c3cc5c(F)cccc5n3CO4)cc12. The maximum atomic E-state index is 14.6. The van der Waals surface area contributed by atoms with Crippen molar-refractivity contribution in [2.24, 2.45) is 0 Å². The molecule has 1 aliphatic heterocycles. The van der Waals surface area contributed by atoms with Crippen LogP contribution in [0.15, 0.2) is 52.9 Å². The van der Waals surface area contributed by atoms with Crippen LogP contribution >= 0.6 is 0 Å². The van der Waals surface area contributed by atoms with Gasteiger partial charge in [-0.05, 0) is 36.4 Å². The van der Waals surface area contributed by atoms with Gasteiger partial charge in [-0.1, -0.05) is 6.07 Å². The van der Waals surface area contributed by atoms with Gasteiger partial charge in [-0.3, -0.25) is 13.9 Å². The number of carbonyl (C=O) groups excluding carboxylic acids is 2. The summed E-state index contributed by atoms with van der Waals surface area (Å²) in [5.41, 5.74) is 2.79. The summed E-state index contributed by atoms with van der Waals surface area (Å²) in [4.78, 5) is 32.1. The Labute approximate surface area is 240 Å². The molecule has 5 aromatic rings.